The van der Waals surface area contributed by atoms with E-state index >= 15 is 0 Å². The normalized spacial score (nSPS) is 9.00. The first-order valence-corrected chi connectivity index (χ1v) is 4.82. The van der Waals surface area contributed by atoms with Gasteiger partial charge in [-0.2, -0.15) is 0 Å². The fourth-order valence-corrected chi connectivity index (χ4v) is 1.06. The smallest absolute Gasteiger partial charge is 0.0280 e. The van der Waals surface area contributed by atoms with Crippen molar-refractivity contribution in [3.8, 4) is 11.8 Å². The van der Waals surface area contributed by atoms with Crippen LogP contribution in [0.25, 0.3) is 0 Å². The van der Waals surface area contributed by atoms with Gasteiger partial charge in [0.15, 0.2) is 0 Å². The molecule has 0 unspecified atom stereocenters. The quantitative estimate of drug-likeness (QED) is 0.505. The second-order valence-electron chi connectivity index (χ2n) is 2.99. The summed E-state index contributed by atoms with van der Waals surface area (Å²) in [6, 6.07) is 3.87. The van der Waals surface area contributed by atoms with Crippen LogP contribution in [0, 0.1) is 11.8 Å². The lowest BCUT2D eigenvalue weighted by atomic mass is 10.2. The van der Waals surface area contributed by atoms with Gasteiger partial charge in [-0.3, -0.25) is 4.98 Å². The lowest BCUT2D eigenvalue weighted by Gasteiger charge is -1.89. The van der Waals surface area contributed by atoms with Crippen LogP contribution < -0.4 is 0 Å². The first-order chi connectivity index (χ1) is 6.43. The van der Waals surface area contributed by atoms with Crippen molar-refractivity contribution in [2.24, 2.45) is 0 Å². The molecule has 68 valence electrons. The third-order valence-corrected chi connectivity index (χ3v) is 1.82. The van der Waals surface area contributed by atoms with E-state index in [9.17, 15) is 0 Å². The fraction of sp³-hybridized carbons (Fsp3) is 0.417. The molecule has 0 aliphatic heterocycles. The van der Waals surface area contributed by atoms with Gasteiger partial charge in [-0.15, -0.1) is 0 Å². The van der Waals surface area contributed by atoms with Gasteiger partial charge in [0, 0.05) is 24.4 Å². The number of rotatable bonds is 3. The lowest BCUT2D eigenvalue weighted by Crippen LogP contribution is -1.75. The van der Waals surface area contributed by atoms with Crippen molar-refractivity contribution in [3.05, 3.63) is 30.1 Å². The molecule has 13 heavy (non-hydrogen) atoms. The van der Waals surface area contributed by atoms with E-state index in [1.54, 1.807) is 12.4 Å². The Labute approximate surface area is 80.2 Å². The molecule has 1 aromatic heterocycles. The number of pyridine rings is 1. The molecular formula is C12H15N. The van der Waals surface area contributed by atoms with Gasteiger partial charge >= 0.3 is 0 Å². The van der Waals surface area contributed by atoms with E-state index in [1.807, 2.05) is 12.1 Å². The summed E-state index contributed by atoms with van der Waals surface area (Å²) in [4.78, 5) is 3.94. The predicted octanol–water partition coefficient (Wildman–Crippen LogP) is 3.01. The topological polar surface area (TPSA) is 12.9 Å². The van der Waals surface area contributed by atoms with Crippen molar-refractivity contribution < 1.29 is 0 Å². The molecule has 1 nitrogen and oxygen atoms in total. The summed E-state index contributed by atoms with van der Waals surface area (Å²) >= 11 is 0. The third kappa shape index (κ3) is 4.32. The maximum absolute atomic E-state index is 3.94. The van der Waals surface area contributed by atoms with Crippen LogP contribution in [0.15, 0.2) is 24.5 Å². The Kier molecular flexibility index (Phi) is 4.71. The maximum atomic E-state index is 3.94. The molecule has 0 saturated heterocycles. The highest BCUT2D eigenvalue weighted by atomic mass is 14.6. The van der Waals surface area contributed by atoms with Gasteiger partial charge in [-0.25, -0.2) is 0 Å². The SMILES string of the molecule is CCCCCC#Cc1ccncc1. The Morgan fingerprint density at radius 1 is 1.23 bits per heavy atom. The van der Waals surface area contributed by atoms with E-state index in [0.29, 0.717) is 0 Å². The molecule has 0 saturated carbocycles. The molecule has 0 fully saturated rings. The van der Waals surface area contributed by atoms with Crippen LogP contribution in [0.1, 0.15) is 38.2 Å². The van der Waals surface area contributed by atoms with Crippen LogP contribution >= 0.6 is 0 Å². The highest BCUT2D eigenvalue weighted by Crippen LogP contribution is 1.98. The molecule has 1 aromatic rings. The zero-order chi connectivity index (χ0) is 9.36. The van der Waals surface area contributed by atoms with Crippen LogP contribution in [-0.4, -0.2) is 4.98 Å². The lowest BCUT2D eigenvalue weighted by molar-refractivity contribution is 0.737. The third-order valence-electron chi connectivity index (χ3n) is 1.82. The molecule has 0 aliphatic carbocycles. The largest absolute Gasteiger partial charge is 0.265 e. The summed E-state index contributed by atoms with van der Waals surface area (Å²) < 4.78 is 0. The van der Waals surface area contributed by atoms with Gasteiger partial charge in [0.2, 0.25) is 0 Å². The van der Waals surface area contributed by atoms with E-state index in [4.69, 9.17) is 0 Å². The fourth-order valence-electron chi connectivity index (χ4n) is 1.06. The Morgan fingerprint density at radius 3 is 2.69 bits per heavy atom. The summed E-state index contributed by atoms with van der Waals surface area (Å²) in [5.41, 5.74) is 1.06. The zero-order valence-electron chi connectivity index (χ0n) is 8.09. The van der Waals surface area contributed by atoms with Crippen molar-refractivity contribution in [2.75, 3.05) is 0 Å². The van der Waals surface area contributed by atoms with Crippen molar-refractivity contribution in [3.63, 3.8) is 0 Å². The Hall–Kier alpha value is -1.29. The molecule has 0 radical (unpaired) electrons. The zero-order valence-corrected chi connectivity index (χ0v) is 8.09. The monoisotopic (exact) mass is 173 g/mol. The Morgan fingerprint density at radius 2 is 2.00 bits per heavy atom. The van der Waals surface area contributed by atoms with E-state index in [1.165, 1.54) is 19.3 Å². The molecule has 1 heterocycles. The summed E-state index contributed by atoms with van der Waals surface area (Å²) in [5.74, 6) is 6.27. The summed E-state index contributed by atoms with van der Waals surface area (Å²) in [6.07, 6.45) is 8.32. The molecule has 0 amide bonds. The Balaban J connectivity index is 2.31. The molecule has 0 aromatic carbocycles. The van der Waals surface area contributed by atoms with Gasteiger partial charge in [0.25, 0.3) is 0 Å². The van der Waals surface area contributed by atoms with Crippen molar-refractivity contribution in [1.29, 1.82) is 0 Å². The Bertz CT molecular complexity index is 279. The van der Waals surface area contributed by atoms with Gasteiger partial charge < -0.3 is 0 Å². The van der Waals surface area contributed by atoms with Crippen LogP contribution in [-0.2, 0) is 0 Å². The molecule has 1 heteroatoms. The number of hydrogen-bond donors (Lipinski definition) is 0. The van der Waals surface area contributed by atoms with Crippen LogP contribution in [0.2, 0.25) is 0 Å². The van der Waals surface area contributed by atoms with Crippen LogP contribution in [0.3, 0.4) is 0 Å². The molecule has 0 atom stereocenters. The molecule has 0 bridgehead atoms. The number of unbranched alkanes of at least 4 members (excludes halogenated alkanes) is 3. The average Bonchev–Trinajstić information content (AvgIpc) is 2.19. The highest BCUT2D eigenvalue weighted by molar-refractivity contribution is 5.31. The minimum absolute atomic E-state index is 1.01. The summed E-state index contributed by atoms with van der Waals surface area (Å²) in [5, 5.41) is 0. The van der Waals surface area contributed by atoms with Gasteiger partial charge in [-0.05, 0) is 18.6 Å². The second kappa shape index (κ2) is 6.25. The summed E-state index contributed by atoms with van der Waals surface area (Å²) in [7, 11) is 0. The molecule has 0 aliphatic rings. The molecule has 0 spiro atoms. The van der Waals surface area contributed by atoms with Crippen molar-refractivity contribution in [2.45, 2.75) is 32.6 Å². The molecule has 0 N–H and O–H groups in total. The van der Waals surface area contributed by atoms with E-state index in [0.717, 1.165) is 12.0 Å². The standard InChI is InChI=1S/C12H15N/c1-2-3-4-5-6-7-12-8-10-13-11-9-12/h8-11H,2-5H2,1H3. The maximum Gasteiger partial charge on any atom is 0.0280 e. The minimum Gasteiger partial charge on any atom is -0.265 e. The van der Waals surface area contributed by atoms with Gasteiger partial charge in [0.05, 0.1) is 0 Å². The van der Waals surface area contributed by atoms with Gasteiger partial charge in [-0.1, -0.05) is 31.6 Å². The second-order valence-corrected chi connectivity index (χ2v) is 2.99. The first-order valence-electron chi connectivity index (χ1n) is 4.82. The van der Waals surface area contributed by atoms with Crippen LogP contribution in [0.4, 0.5) is 0 Å². The predicted molar refractivity (Wildman–Crippen MR) is 55.3 cm³/mol. The highest BCUT2D eigenvalue weighted by Gasteiger charge is 1.83. The van der Waals surface area contributed by atoms with Crippen LogP contribution in [0.5, 0.6) is 0 Å². The molecular weight excluding hydrogens is 158 g/mol. The van der Waals surface area contributed by atoms with E-state index < -0.39 is 0 Å². The number of aromatic nitrogens is 1. The van der Waals surface area contributed by atoms with Crippen molar-refractivity contribution in [1.82, 2.24) is 4.98 Å². The first kappa shape index (κ1) is 9.80. The average molecular weight is 173 g/mol. The summed E-state index contributed by atoms with van der Waals surface area (Å²) in [6.45, 7) is 2.20. The number of nitrogens with zero attached hydrogens (tertiary/aromatic N) is 1. The van der Waals surface area contributed by atoms with Gasteiger partial charge in [0.1, 0.15) is 0 Å². The van der Waals surface area contributed by atoms with E-state index in [-0.39, 0.29) is 0 Å². The minimum atomic E-state index is 1.01. The molecule has 1 rings (SSSR count). The van der Waals surface area contributed by atoms with Crippen molar-refractivity contribution >= 4 is 0 Å². The van der Waals surface area contributed by atoms with E-state index in [2.05, 4.69) is 23.7 Å². The number of hydrogen-bond acceptors (Lipinski definition) is 1.